The summed E-state index contributed by atoms with van der Waals surface area (Å²) in [5, 5.41) is 9.96. The Morgan fingerprint density at radius 3 is 2.62 bits per heavy atom. The highest BCUT2D eigenvalue weighted by molar-refractivity contribution is 5.70. The molecule has 1 N–H and O–H groups in total. The highest BCUT2D eigenvalue weighted by Crippen LogP contribution is 2.46. The molecule has 2 nitrogen and oxygen atoms in total. The van der Waals surface area contributed by atoms with Gasteiger partial charge >= 0.3 is 0 Å². The van der Waals surface area contributed by atoms with E-state index in [4.69, 9.17) is 0 Å². The minimum Gasteiger partial charge on any atom is -0.384 e. The molecule has 0 aromatic heterocycles. The van der Waals surface area contributed by atoms with E-state index < -0.39 is 6.10 Å². The van der Waals surface area contributed by atoms with Crippen molar-refractivity contribution >= 4 is 5.69 Å². The Hall–Kier alpha value is -2.06. The highest BCUT2D eigenvalue weighted by Gasteiger charge is 2.37. The predicted octanol–water partition coefficient (Wildman–Crippen LogP) is 3.71. The van der Waals surface area contributed by atoms with Gasteiger partial charge in [0.05, 0.1) is 6.10 Å². The van der Waals surface area contributed by atoms with Gasteiger partial charge in [-0.05, 0) is 23.3 Å². The van der Waals surface area contributed by atoms with Gasteiger partial charge in [-0.25, -0.2) is 0 Å². The third kappa shape index (κ3) is 2.26. The summed E-state index contributed by atoms with van der Waals surface area (Å²) in [5.41, 5.74) is 4.74. The zero-order valence-electron chi connectivity index (χ0n) is 12.7. The molecule has 0 spiro atoms. The lowest BCUT2D eigenvalue weighted by atomic mass is 9.83. The van der Waals surface area contributed by atoms with Gasteiger partial charge in [-0.2, -0.15) is 0 Å². The van der Waals surface area contributed by atoms with Crippen LogP contribution in [0.15, 0.2) is 72.0 Å². The van der Waals surface area contributed by atoms with Crippen molar-refractivity contribution in [3.8, 4) is 0 Å². The number of aliphatic hydroxyl groups is 1. The monoisotopic (exact) mass is 279 g/mol. The molecule has 1 unspecified atom stereocenters. The van der Waals surface area contributed by atoms with Gasteiger partial charge in [-0.15, -0.1) is 0 Å². The predicted molar refractivity (Wildman–Crippen MR) is 88.3 cm³/mol. The topological polar surface area (TPSA) is 23.5 Å². The van der Waals surface area contributed by atoms with Gasteiger partial charge in [-0.1, -0.05) is 62.4 Å². The molecule has 0 radical (unpaired) electrons. The number of aliphatic hydroxyl groups excluding tert-OH is 1. The maximum absolute atomic E-state index is 9.96. The van der Waals surface area contributed by atoms with E-state index in [1.165, 1.54) is 16.9 Å². The fourth-order valence-corrected chi connectivity index (χ4v) is 3.18. The normalized spacial score (nSPS) is 26.7. The molecule has 2 heteroatoms. The fourth-order valence-electron chi connectivity index (χ4n) is 3.18. The molecule has 108 valence electrons. The number of benzene rings is 1. The van der Waals surface area contributed by atoms with E-state index in [1.54, 1.807) is 6.08 Å². The Morgan fingerprint density at radius 2 is 1.90 bits per heavy atom. The largest absolute Gasteiger partial charge is 0.384 e. The minimum absolute atomic E-state index is 0.0262. The molecule has 1 aromatic carbocycles. The summed E-state index contributed by atoms with van der Waals surface area (Å²) >= 11 is 0. The Balaban J connectivity index is 2.00. The van der Waals surface area contributed by atoms with E-state index in [1.807, 2.05) is 24.3 Å². The number of rotatable bonds is 1. The smallest absolute Gasteiger partial charge is 0.0974 e. The van der Waals surface area contributed by atoms with E-state index in [0.717, 1.165) is 5.57 Å². The van der Waals surface area contributed by atoms with Crippen LogP contribution in [-0.4, -0.2) is 18.3 Å². The third-order valence-electron chi connectivity index (χ3n) is 4.41. The molecule has 1 aliphatic heterocycles. The van der Waals surface area contributed by atoms with Crippen molar-refractivity contribution in [2.24, 2.45) is 0 Å². The van der Waals surface area contributed by atoms with Crippen LogP contribution in [0.4, 0.5) is 5.69 Å². The van der Waals surface area contributed by atoms with Crippen LogP contribution in [0.3, 0.4) is 0 Å². The second-order valence-corrected chi connectivity index (χ2v) is 6.11. The van der Waals surface area contributed by atoms with E-state index in [9.17, 15) is 5.11 Å². The Labute approximate surface area is 126 Å². The van der Waals surface area contributed by atoms with Crippen molar-refractivity contribution in [1.29, 1.82) is 0 Å². The average Bonchev–Trinajstić information content (AvgIpc) is 2.67. The molecule has 1 heterocycles. The summed E-state index contributed by atoms with van der Waals surface area (Å²) in [6.07, 6.45) is 11.2. The van der Waals surface area contributed by atoms with Gasteiger partial charge in [-0.3, -0.25) is 0 Å². The minimum atomic E-state index is -0.510. The molecule has 1 aliphatic carbocycles. The second kappa shape index (κ2) is 5.05. The number of para-hydroxylation sites is 1. The number of anilines is 1. The first-order valence-corrected chi connectivity index (χ1v) is 7.30. The molecule has 21 heavy (non-hydrogen) atoms. The van der Waals surface area contributed by atoms with Crippen LogP contribution < -0.4 is 4.90 Å². The molecule has 3 rings (SSSR count). The summed E-state index contributed by atoms with van der Waals surface area (Å²) in [4.78, 5) is 2.24. The van der Waals surface area contributed by atoms with Crippen molar-refractivity contribution in [2.45, 2.75) is 25.4 Å². The molecule has 0 amide bonds. The maximum atomic E-state index is 9.96. The van der Waals surface area contributed by atoms with Crippen LogP contribution in [0, 0.1) is 0 Å². The van der Waals surface area contributed by atoms with Crippen molar-refractivity contribution in [1.82, 2.24) is 0 Å². The van der Waals surface area contributed by atoms with Crippen LogP contribution in [0.2, 0.25) is 0 Å². The summed E-state index contributed by atoms with van der Waals surface area (Å²) in [6, 6.07) is 8.51. The summed E-state index contributed by atoms with van der Waals surface area (Å²) in [7, 11) is 2.10. The van der Waals surface area contributed by atoms with Crippen LogP contribution in [-0.2, 0) is 5.41 Å². The molecular weight excluding hydrogens is 258 g/mol. The number of nitrogens with zero attached hydrogens (tertiary/aromatic N) is 1. The lowest BCUT2D eigenvalue weighted by Gasteiger charge is -2.24. The van der Waals surface area contributed by atoms with Crippen molar-refractivity contribution in [2.75, 3.05) is 11.9 Å². The van der Waals surface area contributed by atoms with E-state index in [-0.39, 0.29) is 5.41 Å². The molecule has 1 atom stereocenters. The molecule has 0 bridgehead atoms. The van der Waals surface area contributed by atoms with Crippen LogP contribution in [0.5, 0.6) is 0 Å². The SMILES string of the molecule is CN1/C(=C/C=C2/C=CC=CC2O)C(C)(C)c2ccccc21. The molecule has 2 aliphatic rings. The molecule has 1 aromatic rings. The molecule has 0 fully saturated rings. The number of allylic oxidation sites excluding steroid dienone is 5. The number of fused-ring (bicyclic) bond motifs is 1. The quantitative estimate of drug-likeness (QED) is 0.847. The summed E-state index contributed by atoms with van der Waals surface area (Å²) < 4.78 is 0. The van der Waals surface area contributed by atoms with Gasteiger partial charge in [0.2, 0.25) is 0 Å². The lowest BCUT2D eigenvalue weighted by Crippen LogP contribution is -2.22. The highest BCUT2D eigenvalue weighted by atomic mass is 16.3. The van der Waals surface area contributed by atoms with Crippen LogP contribution in [0.1, 0.15) is 19.4 Å². The standard InChI is InChI=1S/C19H21NO/c1-19(2)15-9-5-6-10-16(15)20(3)18(19)13-12-14-8-4-7-11-17(14)21/h4-13,17,21H,1-3H3/b14-12-,18-13+. The zero-order chi connectivity index (χ0) is 15.0. The van der Waals surface area contributed by atoms with E-state index >= 15 is 0 Å². The summed E-state index contributed by atoms with van der Waals surface area (Å²) in [6.45, 7) is 4.49. The summed E-state index contributed by atoms with van der Waals surface area (Å²) in [5.74, 6) is 0. The fraction of sp³-hybridized carbons (Fsp3) is 0.263. The van der Waals surface area contributed by atoms with Crippen LogP contribution in [0.25, 0.3) is 0 Å². The molecule has 0 saturated carbocycles. The van der Waals surface area contributed by atoms with Crippen LogP contribution >= 0.6 is 0 Å². The van der Waals surface area contributed by atoms with E-state index in [0.29, 0.717) is 0 Å². The average molecular weight is 279 g/mol. The number of likely N-dealkylation sites (N-methyl/N-ethyl adjacent to an activating group) is 1. The van der Waals surface area contributed by atoms with Gasteiger partial charge in [0.1, 0.15) is 0 Å². The van der Waals surface area contributed by atoms with Gasteiger partial charge in [0.25, 0.3) is 0 Å². The van der Waals surface area contributed by atoms with E-state index in [2.05, 4.69) is 56.1 Å². The molecular formula is C19H21NO. The Kier molecular flexibility index (Phi) is 3.34. The van der Waals surface area contributed by atoms with Gasteiger partial charge < -0.3 is 10.0 Å². The maximum Gasteiger partial charge on any atom is 0.0974 e. The van der Waals surface area contributed by atoms with Crippen molar-refractivity contribution in [3.05, 3.63) is 77.6 Å². The van der Waals surface area contributed by atoms with Crippen molar-refractivity contribution < 1.29 is 5.11 Å². The first-order chi connectivity index (χ1) is 10.0. The van der Waals surface area contributed by atoms with Gasteiger partial charge in [0.15, 0.2) is 0 Å². The van der Waals surface area contributed by atoms with Gasteiger partial charge in [0, 0.05) is 23.8 Å². The third-order valence-corrected chi connectivity index (χ3v) is 4.41. The first-order valence-electron chi connectivity index (χ1n) is 7.30. The lowest BCUT2D eigenvalue weighted by molar-refractivity contribution is 0.262. The number of hydrogen-bond donors (Lipinski definition) is 1. The zero-order valence-corrected chi connectivity index (χ0v) is 12.7. The second-order valence-electron chi connectivity index (χ2n) is 6.11. The number of hydrogen-bond acceptors (Lipinski definition) is 2. The Morgan fingerprint density at radius 1 is 1.14 bits per heavy atom. The van der Waals surface area contributed by atoms with Crippen molar-refractivity contribution in [3.63, 3.8) is 0 Å². The first kappa shape index (κ1) is 13.9. The molecule has 0 saturated heterocycles. The Bertz CT molecular complexity index is 677.